The molecule has 1 aliphatic heterocycles. The van der Waals surface area contributed by atoms with Crippen molar-refractivity contribution in [2.45, 2.75) is 25.4 Å². The van der Waals surface area contributed by atoms with Gasteiger partial charge < -0.3 is 5.73 Å². The van der Waals surface area contributed by atoms with Crippen molar-refractivity contribution in [3.05, 3.63) is 65.5 Å². The fourth-order valence-electron chi connectivity index (χ4n) is 3.03. The topological polar surface area (TPSA) is 42.1 Å². The van der Waals surface area contributed by atoms with Crippen molar-refractivity contribution in [2.75, 3.05) is 13.1 Å². The molecule has 3 heteroatoms. The van der Waals surface area contributed by atoms with Crippen LogP contribution in [0.25, 0.3) is 0 Å². The van der Waals surface area contributed by atoms with Crippen LogP contribution in [0.3, 0.4) is 0 Å². The molecule has 1 aliphatic rings. The largest absolute Gasteiger partial charge is 0.326 e. The second-order valence-electron chi connectivity index (χ2n) is 5.46. The first-order chi connectivity index (χ1) is 9.86. The fraction of sp³-hybridized carbons (Fsp3) is 0.353. The highest BCUT2D eigenvalue weighted by Crippen LogP contribution is 2.28. The van der Waals surface area contributed by atoms with E-state index in [4.69, 9.17) is 5.73 Å². The molecule has 1 aromatic carbocycles. The van der Waals surface area contributed by atoms with Crippen molar-refractivity contribution in [1.82, 2.24) is 9.88 Å². The van der Waals surface area contributed by atoms with E-state index >= 15 is 0 Å². The number of aromatic nitrogens is 1. The van der Waals surface area contributed by atoms with E-state index < -0.39 is 0 Å². The molecule has 1 saturated heterocycles. The third kappa shape index (κ3) is 2.89. The number of likely N-dealkylation sites (tertiary alicyclic amines) is 1. The van der Waals surface area contributed by atoms with Crippen LogP contribution in [0.5, 0.6) is 0 Å². The lowest BCUT2D eigenvalue weighted by atomic mass is 9.99. The number of benzene rings is 1. The van der Waals surface area contributed by atoms with Crippen LogP contribution in [0.1, 0.15) is 29.2 Å². The molecule has 0 radical (unpaired) electrons. The Labute approximate surface area is 120 Å². The van der Waals surface area contributed by atoms with Gasteiger partial charge in [0.1, 0.15) is 0 Å². The highest BCUT2D eigenvalue weighted by atomic mass is 15.1. The summed E-state index contributed by atoms with van der Waals surface area (Å²) >= 11 is 0. The SMILES string of the molecule is NCc1cccnc1C1CCN(Cc2ccccc2)C1. The number of nitrogens with zero attached hydrogens (tertiary/aromatic N) is 2. The molecule has 0 amide bonds. The summed E-state index contributed by atoms with van der Waals surface area (Å²) in [5.74, 6) is 0.526. The highest BCUT2D eigenvalue weighted by Gasteiger charge is 2.26. The minimum absolute atomic E-state index is 0.526. The van der Waals surface area contributed by atoms with Crippen molar-refractivity contribution in [3.8, 4) is 0 Å². The summed E-state index contributed by atoms with van der Waals surface area (Å²) in [5, 5.41) is 0. The first kappa shape index (κ1) is 13.3. The summed E-state index contributed by atoms with van der Waals surface area (Å²) in [6.07, 6.45) is 3.06. The van der Waals surface area contributed by atoms with Crippen LogP contribution < -0.4 is 5.73 Å². The van der Waals surface area contributed by atoms with Gasteiger partial charge in [-0.25, -0.2) is 0 Å². The highest BCUT2D eigenvalue weighted by molar-refractivity contribution is 5.24. The van der Waals surface area contributed by atoms with E-state index in [1.807, 2.05) is 12.3 Å². The molecule has 1 unspecified atom stereocenters. The van der Waals surface area contributed by atoms with Gasteiger partial charge in [-0.2, -0.15) is 0 Å². The Morgan fingerprint density at radius 3 is 2.80 bits per heavy atom. The lowest BCUT2D eigenvalue weighted by Crippen LogP contribution is -2.20. The molecule has 3 rings (SSSR count). The number of hydrogen-bond acceptors (Lipinski definition) is 3. The van der Waals surface area contributed by atoms with Crippen LogP contribution in [-0.2, 0) is 13.1 Å². The molecule has 1 atom stereocenters. The summed E-state index contributed by atoms with van der Waals surface area (Å²) in [5.41, 5.74) is 9.60. The zero-order valence-electron chi connectivity index (χ0n) is 11.7. The summed E-state index contributed by atoms with van der Waals surface area (Å²) in [7, 11) is 0. The van der Waals surface area contributed by atoms with Gasteiger partial charge in [-0.15, -0.1) is 0 Å². The van der Waals surface area contributed by atoms with Crippen LogP contribution in [0.4, 0.5) is 0 Å². The molecule has 0 saturated carbocycles. The zero-order chi connectivity index (χ0) is 13.8. The number of rotatable bonds is 4. The van der Waals surface area contributed by atoms with Crippen LogP contribution >= 0.6 is 0 Å². The molecule has 2 aromatic rings. The molecular weight excluding hydrogens is 246 g/mol. The molecule has 3 nitrogen and oxygen atoms in total. The van der Waals surface area contributed by atoms with E-state index in [1.54, 1.807) is 0 Å². The van der Waals surface area contributed by atoms with Crippen molar-refractivity contribution in [1.29, 1.82) is 0 Å². The van der Waals surface area contributed by atoms with Gasteiger partial charge in [0.25, 0.3) is 0 Å². The Morgan fingerprint density at radius 1 is 1.15 bits per heavy atom. The Morgan fingerprint density at radius 2 is 2.00 bits per heavy atom. The quantitative estimate of drug-likeness (QED) is 0.925. The van der Waals surface area contributed by atoms with Gasteiger partial charge in [0.2, 0.25) is 0 Å². The standard InChI is InChI=1S/C17H21N3/c18-11-15-7-4-9-19-17(15)16-8-10-20(13-16)12-14-5-2-1-3-6-14/h1-7,9,16H,8,10-13,18H2. The Balaban J connectivity index is 1.67. The van der Waals surface area contributed by atoms with E-state index in [9.17, 15) is 0 Å². The monoisotopic (exact) mass is 267 g/mol. The van der Waals surface area contributed by atoms with Gasteiger partial charge in [-0.05, 0) is 30.2 Å². The summed E-state index contributed by atoms with van der Waals surface area (Å²) < 4.78 is 0. The lowest BCUT2D eigenvalue weighted by molar-refractivity contribution is 0.326. The number of nitrogens with two attached hydrogens (primary N) is 1. The summed E-state index contributed by atoms with van der Waals surface area (Å²) in [6, 6.07) is 14.7. The second-order valence-corrected chi connectivity index (χ2v) is 5.46. The normalized spacial score (nSPS) is 19.4. The summed E-state index contributed by atoms with van der Waals surface area (Å²) in [4.78, 5) is 7.08. The maximum absolute atomic E-state index is 5.82. The third-order valence-corrected chi connectivity index (χ3v) is 4.05. The van der Waals surface area contributed by atoms with Crippen LogP contribution in [0.15, 0.2) is 48.7 Å². The van der Waals surface area contributed by atoms with E-state index in [0.29, 0.717) is 12.5 Å². The van der Waals surface area contributed by atoms with Crippen molar-refractivity contribution >= 4 is 0 Å². The van der Waals surface area contributed by atoms with Crippen LogP contribution in [0, 0.1) is 0 Å². The van der Waals surface area contributed by atoms with Crippen LogP contribution in [-0.4, -0.2) is 23.0 Å². The average Bonchev–Trinajstić information content (AvgIpc) is 2.96. The van der Waals surface area contributed by atoms with E-state index in [0.717, 1.165) is 19.6 Å². The van der Waals surface area contributed by atoms with Gasteiger partial charge in [0.05, 0.1) is 0 Å². The van der Waals surface area contributed by atoms with E-state index in [2.05, 4.69) is 46.3 Å². The van der Waals surface area contributed by atoms with Gasteiger partial charge in [-0.1, -0.05) is 36.4 Å². The average molecular weight is 267 g/mol. The van der Waals surface area contributed by atoms with Gasteiger partial charge in [0.15, 0.2) is 0 Å². The molecule has 20 heavy (non-hydrogen) atoms. The second kappa shape index (κ2) is 6.16. The molecule has 0 aliphatic carbocycles. The lowest BCUT2D eigenvalue weighted by Gasteiger charge is -2.17. The molecule has 1 fully saturated rings. The third-order valence-electron chi connectivity index (χ3n) is 4.05. The predicted octanol–water partition coefficient (Wildman–Crippen LogP) is 2.53. The molecule has 1 aromatic heterocycles. The van der Waals surface area contributed by atoms with Gasteiger partial charge >= 0.3 is 0 Å². The molecule has 2 heterocycles. The molecule has 104 valence electrons. The minimum atomic E-state index is 0.526. The van der Waals surface area contributed by atoms with Crippen molar-refractivity contribution < 1.29 is 0 Å². The molecule has 0 spiro atoms. The van der Waals surface area contributed by atoms with Gasteiger partial charge in [0, 0.05) is 37.4 Å². The van der Waals surface area contributed by atoms with Gasteiger partial charge in [-0.3, -0.25) is 9.88 Å². The Hall–Kier alpha value is -1.71. The summed E-state index contributed by atoms with van der Waals surface area (Å²) in [6.45, 7) is 3.83. The Kier molecular flexibility index (Phi) is 4.09. The van der Waals surface area contributed by atoms with Crippen LogP contribution in [0.2, 0.25) is 0 Å². The van der Waals surface area contributed by atoms with E-state index in [1.165, 1.54) is 23.2 Å². The molecule has 0 bridgehead atoms. The Bertz CT molecular complexity index is 553. The maximum atomic E-state index is 5.82. The first-order valence-electron chi connectivity index (χ1n) is 7.27. The van der Waals surface area contributed by atoms with Crippen molar-refractivity contribution in [2.24, 2.45) is 5.73 Å². The smallest absolute Gasteiger partial charge is 0.0492 e. The zero-order valence-corrected chi connectivity index (χ0v) is 11.7. The molecular formula is C17H21N3. The first-order valence-corrected chi connectivity index (χ1v) is 7.27. The number of pyridine rings is 1. The minimum Gasteiger partial charge on any atom is -0.326 e. The molecule has 2 N–H and O–H groups in total. The predicted molar refractivity (Wildman–Crippen MR) is 81.2 cm³/mol. The van der Waals surface area contributed by atoms with Crippen molar-refractivity contribution in [3.63, 3.8) is 0 Å². The maximum Gasteiger partial charge on any atom is 0.0492 e. The number of hydrogen-bond donors (Lipinski definition) is 1. The fourth-order valence-corrected chi connectivity index (χ4v) is 3.03. The van der Waals surface area contributed by atoms with E-state index in [-0.39, 0.29) is 0 Å².